The van der Waals surface area contributed by atoms with Gasteiger partial charge in [0.15, 0.2) is 0 Å². The van der Waals surface area contributed by atoms with Crippen LogP contribution < -0.4 is 0 Å². The lowest BCUT2D eigenvalue weighted by Crippen LogP contribution is -2.57. The Hall–Kier alpha value is -1.10. The van der Waals surface area contributed by atoms with E-state index in [0.717, 1.165) is 32.5 Å². The molecule has 0 radical (unpaired) electrons. The van der Waals surface area contributed by atoms with Crippen LogP contribution in [0.5, 0.6) is 0 Å². The van der Waals surface area contributed by atoms with Crippen molar-refractivity contribution in [1.82, 2.24) is 9.80 Å². The lowest BCUT2D eigenvalue weighted by Gasteiger charge is -2.43. The van der Waals surface area contributed by atoms with E-state index in [1.807, 2.05) is 4.90 Å². The summed E-state index contributed by atoms with van der Waals surface area (Å²) in [6, 6.07) is 0.702. The van der Waals surface area contributed by atoms with Crippen molar-refractivity contribution >= 4 is 11.9 Å². The topological polar surface area (TPSA) is 60.9 Å². The first-order valence-electron chi connectivity index (χ1n) is 8.29. The van der Waals surface area contributed by atoms with E-state index in [1.165, 1.54) is 12.8 Å². The van der Waals surface area contributed by atoms with Gasteiger partial charge < -0.3 is 10.0 Å². The minimum atomic E-state index is -0.788. The Morgan fingerprint density at radius 3 is 2.57 bits per heavy atom. The second kappa shape index (κ2) is 5.59. The predicted octanol–water partition coefficient (Wildman–Crippen LogP) is 1.72. The summed E-state index contributed by atoms with van der Waals surface area (Å²) in [7, 11) is 0. The number of rotatable bonds is 3. The van der Waals surface area contributed by atoms with Crippen LogP contribution in [-0.2, 0) is 9.59 Å². The zero-order chi connectivity index (χ0) is 15.0. The van der Waals surface area contributed by atoms with Crippen molar-refractivity contribution in [2.75, 3.05) is 19.6 Å². The average molecular weight is 294 g/mol. The third kappa shape index (κ3) is 2.68. The molecular formula is C16H26N2O3. The Balaban J connectivity index is 1.68. The highest BCUT2D eigenvalue weighted by atomic mass is 16.4. The highest BCUT2D eigenvalue weighted by Crippen LogP contribution is 2.42. The molecular weight excluding hydrogens is 268 g/mol. The average Bonchev–Trinajstić information content (AvgIpc) is 3.06. The van der Waals surface area contributed by atoms with Crippen molar-refractivity contribution < 1.29 is 14.7 Å². The highest BCUT2D eigenvalue weighted by Gasteiger charge is 2.45. The van der Waals surface area contributed by atoms with Crippen molar-refractivity contribution in [2.45, 2.75) is 64.0 Å². The highest BCUT2D eigenvalue weighted by molar-refractivity contribution is 5.85. The molecule has 2 saturated heterocycles. The van der Waals surface area contributed by atoms with Crippen LogP contribution in [0.15, 0.2) is 0 Å². The number of piperazine rings is 1. The number of aliphatic carboxylic acids is 1. The van der Waals surface area contributed by atoms with Crippen molar-refractivity contribution in [1.29, 1.82) is 0 Å². The SMILES string of the molecule is CC1CN2CCCC2CN1C(=O)CC1(C(=O)O)CCCC1. The first-order chi connectivity index (χ1) is 10.0. The second-order valence-corrected chi connectivity index (χ2v) is 7.16. The van der Waals surface area contributed by atoms with Gasteiger partial charge in [0.25, 0.3) is 0 Å². The van der Waals surface area contributed by atoms with E-state index in [-0.39, 0.29) is 18.4 Å². The number of hydrogen-bond acceptors (Lipinski definition) is 3. The molecule has 1 aliphatic carbocycles. The Labute approximate surface area is 126 Å². The van der Waals surface area contributed by atoms with Gasteiger partial charge in [-0.25, -0.2) is 0 Å². The normalized spacial score (nSPS) is 32.1. The van der Waals surface area contributed by atoms with Gasteiger partial charge in [-0.2, -0.15) is 0 Å². The molecule has 5 nitrogen and oxygen atoms in total. The van der Waals surface area contributed by atoms with Gasteiger partial charge in [0.2, 0.25) is 5.91 Å². The maximum atomic E-state index is 12.7. The molecule has 0 bridgehead atoms. The molecule has 1 saturated carbocycles. The number of nitrogens with zero attached hydrogens (tertiary/aromatic N) is 2. The minimum absolute atomic E-state index is 0.0540. The number of amides is 1. The summed E-state index contributed by atoms with van der Waals surface area (Å²) in [6.45, 7) is 4.97. The first-order valence-corrected chi connectivity index (χ1v) is 8.29. The summed E-state index contributed by atoms with van der Waals surface area (Å²) in [6.07, 6.45) is 5.77. The van der Waals surface area contributed by atoms with Gasteiger partial charge in [0.05, 0.1) is 5.41 Å². The molecule has 3 fully saturated rings. The zero-order valence-corrected chi connectivity index (χ0v) is 12.9. The quantitative estimate of drug-likeness (QED) is 0.861. The van der Waals surface area contributed by atoms with Crippen LogP contribution in [0, 0.1) is 5.41 Å². The monoisotopic (exact) mass is 294 g/mol. The van der Waals surface area contributed by atoms with Crippen LogP contribution in [0.25, 0.3) is 0 Å². The molecule has 0 aromatic heterocycles. The van der Waals surface area contributed by atoms with Gasteiger partial charge in [-0.15, -0.1) is 0 Å². The molecule has 2 heterocycles. The van der Waals surface area contributed by atoms with Crippen molar-refractivity contribution in [3.63, 3.8) is 0 Å². The summed E-state index contributed by atoms with van der Waals surface area (Å²) in [5, 5.41) is 9.55. The number of hydrogen-bond donors (Lipinski definition) is 1. The van der Waals surface area contributed by atoms with E-state index in [0.29, 0.717) is 18.9 Å². The number of carboxylic acid groups (broad SMARTS) is 1. The maximum Gasteiger partial charge on any atom is 0.310 e. The van der Waals surface area contributed by atoms with Crippen molar-refractivity contribution in [2.24, 2.45) is 5.41 Å². The fraction of sp³-hybridized carbons (Fsp3) is 0.875. The lowest BCUT2D eigenvalue weighted by molar-refractivity contribution is -0.155. The fourth-order valence-corrected chi connectivity index (χ4v) is 4.44. The smallest absolute Gasteiger partial charge is 0.310 e. The van der Waals surface area contributed by atoms with Gasteiger partial charge in [-0.05, 0) is 39.2 Å². The number of carbonyl (C=O) groups excluding carboxylic acids is 1. The van der Waals surface area contributed by atoms with E-state index in [1.54, 1.807) is 0 Å². The predicted molar refractivity (Wildman–Crippen MR) is 78.9 cm³/mol. The van der Waals surface area contributed by atoms with Crippen LogP contribution >= 0.6 is 0 Å². The van der Waals surface area contributed by atoms with Crippen LogP contribution in [-0.4, -0.2) is 58.5 Å². The molecule has 0 aromatic rings. The van der Waals surface area contributed by atoms with E-state index in [2.05, 4.69) is 11.8 Å². The Morgan fingerprint density at radius 2 is 1.90 bits per heavy atom. The maximum absolute atomic E-state index is 12.7. The molecule has 3 rings (SSSR count). The first kappa shape index (κ1) is 14.8. The number of carboxylic acids is 1. The third-order valence-electron chi connectivity index (χ3n) is 5.76. The van der Waals surface area contributed by atoms with Gasteiger partial charge in [-0.3, -0.25) is 14.5 Å². The molecule has 2 atom stereocenters. The Kier molecular flexibility index (Phi) is 3.95. The molecule has 3 aliphatic rings. The molecule has 118 valence electrons. The summed E-state index contributed by atoms with van der Waals surface area (Å²) in [4.78, 5) is 28.8. The fourth-order valence-electron chi connectivity index (χ4n) is 4.44. The van der Waals surface area contributed by atoms with Crippen LogP contribution in [0.1, 0.15) is 51.9 Å². The van der Waals surface area contributed by atoms with E-state index in [4.69, 9.17) is 0 Å². The van der Waals surface area contributed by atoms with Gasteiger partial charge in [0, 0.05) is 31.6 Å². The van der Waals surface area contributed by atoms with E-state index >= 15 is 0 Å². The standard InChI is InChI=1S/C16H26N2O3/c1-12-10-17-8-4-5-13(17)11-18(12)14(19)9-16(15(20)21)6-2-3-7-16/h12-13H,2-11H2,1H3,(H,20,21). The summed E-state index contributed by atoms with van der Waals surface area (Å²) < 4.78 is 0. The summed E-state index contributed by atoms with van der Waals surface area (Å²) in [5.41, 5.74) is -0.788. The van der Waals surface area contributed by atoms with Crippen LogP contribution in [0.2, 0.25) is 0 Å². The van der Waals surface area contributed by atoms with Crippen LogP contribution in [0.3, 0.4) is 0 Å². The zero-order valence-electron chi connectivity index (χ0n) is 12.9. The minimum Gasteiger partial charge on any atom is -0.481 e. The van der Waals surface area contributed by atoms with E-state index < -0.39 is 11.4 Å². The molecule has 21 heavy (non-hydrogen) atoms. The van der Waals surface area contributed by atoms with Crippen molar-refractivity contribution in [3.8, 4) is 0 Å². The van der Waals surface area contributed by atoms with Gasteiger partial charge >= 0.3 is 5.97 Å². The summed E-state index contributed by atoms with van der Waals surface area (Å²) in [5.74, 6) is -0.723. The van der Waals surface area contributed by atoms with E-state index in [9.17, 15) is 14.7 Å². The van der Waals surface area contributed by atoms with Gasteiger partial charge in [0.1, 0.15) is 0 Å². The molecule has 2 unspecified atom stereocenters. The summed E-state index contributed by atoms with van der Waals surface area (Å²) >= 11 is 0. The van der Waals surface area contributed by atoms with Crippen LogP contribution in [0.4, 0.5) is 0 Å². The molecule has 1 amide bonds. The largest absolute Gasteiger partial charge is 0.481 e. The Morgan fingerprint density at radius 1 is 1.19 bits per heavy atom. The lowest BCUT2D eigenvalue weighted by atomic mass is 9.82. The van der Waals surface area contributed by atoms with Gasteiger partial charge in [-0.1, -0.05) is 12.8 Å². The second-order valence-electron chi connectivity index (χ2n) is 7.16. The molecule has 2 aliphatic heterocycles. The number of fused-ring (bicyclic) bond motifs is 1. The third-order valence-corrected chi connectivity index (χ3v) is 5.76. The van der Waals surface area contributed by atoms with Crippen molar-refractivity contribution in [3.05, 3.63) is 0 Å². The molecule has 0 aromatic carbocycles. The Bertz CT molecular complexity index is 431. The molecule has 0 spiro atoms. The molecule has 1 N–H and O–H groups in total. The number of carbonyl (C=O) groups is 2. The molecule has 5 heteroatoms.